The average Bonchev–Trinajstić information content (AvgIpc) is 3.05. The highest BCUT2D eigenvalue weighted by atomic mass is 35.5. The highest BCUT2D eigenvalue weighted by Gasteiger charge is 2.05. The van der Waals surface area contributed by atoms with Gasteiger partial charge in [0.2, 0.25) is 0 Å². The van der Waals surface area contributed by atoms with Crippen molar-refractivity contribution < 1.29 is 4.79 Å². The molecule has 1 amide bonds. The molecule has 0 saturated carbocycles. The molecule has 3 rings (SSSR count). The third-order valence-electron chi connectivity index (χ3n) is 3.55. The summed E-state index contributed by atoms with van der Waals surface area (Å²) in [4.78, 5) is 24.6. The van der Waals surface area contributed by atoms with Crippen LogP contribution in [0.4, 0.5) is 5.82 Å². The first-order valence-electron chi connectivity index (χ1n) is 7.73. The number of aryl methyl sites for hydroxylation is 1. The molecule has 128 valence electrons. The van der Waals surface area contributed by atoms with Crippen LogP contribution in [-0.2, 0) is 0 Å². The molecule has 3 aromatic rings. The van der Waals surface area contributed by atoms with Gasteiger partial charge < -0.3 is 10.6 Å². The summed E-state index contributed by atoms with van der Waals surface area (Å²) >= 11 is 5.81. The third-order valence-corrected chi connectivity index (χ3v) is 3.80. The number of rotatable bonds is 6. The van der Waals surface area contributed by atoms with Gasteiger partial charge in [-0.05, 0) is 31.2 Å². The zero-order chi connectivity index (χ0) is 17.6. The maximum Gasteiger partial charge on any atom is 0.251 e. The number of halogens is 1. The van der Waals surface area contributed by atoms with E-state index in [1.165, 1.54) is 6.33 Å². The molecule has 0 aliphatic carbocycles. The van der Waals surface area contributed by atoms with E-state index in [2.05, 4.69) is 25.6 Å². The smallest absolute Gasteiger partial charge is 0.251 e. The molecule has 0 fully saturated rings. The number of carbonyl (C=O) groups excluding carboxylic acids is 1. The Morgan fingerprint density at radius 3 is 2.68 bits per heavy atom. The van der Waals surface area contributed by atoms with Crippen LogP contribution in [0.3, 0.4) is 0 Å². The standard InChI is InChI=1S/C17H17ClN6O/c1-12-19-8-9-24(12)16-10-15(22-11-23-16)20-6-7-21-17(25)13-2-4-14(18)5-3-13/h2-5,8-11H,6-7H2,1H3,(H,21,25)(H,20,22,23). The van der Waals surface area contributed by atoms with Crippen molar-refractivity contribution >= 4 is 23.3 Å². The van der Waals surface area contributed by atoms with Gasteiger partial charge >= 0.3 is 0 Å². The van der Waals surface area contributed by atoms with Gasteiger partial charge in [-0.15, -0.1) is 0 Å². The minimum absolute atomic E-state index is 0.143. The van der Waals surface area contributed by atoms with Crippen LogP contribution in [0.15, 0.2) is 49.1 Å². The first-order valence-corrected chi connectivity index (χ1v) is 8.11. The molecule has 8 heteroatoms. The number of benzene rings is 1. The fourth-order valence-corrected chi connectivity index (χ4v) is 2.39. The molecule has 0 aliphatic rings. The molecular formula is C17H17ClN6O. The minimum Gasteiger partial charge on any atom is -0.368 e. The van der Waals surface area contributed by atoms with E-state index in [1.54, 1.807) is 30.5 Å². The van der Waals surface area contributed by atoms with Crippen LogP contribution in [0, 0.1) is 6.92 Å². The summed E-state index contributed by atoms with van der Waals surface area (Å²) in [5.41, 5.74) is 0.573. The number of hydrogen-bond acceptors (Lipinski definition) is 5. The molecule has 0 unspecified atom stereocenters. The van der Waals surface area contributed by atoms with E-state index >= 15 is 0 Å². The number of amides is 1. The lowest BCUT2D eigenvalue weighted by Crippen LogP contribution is -2.28. The quantitative estimate of drug-likeness (QED) is 0.663. The van der Waals surface area contributed by atoms with Gasteiger partial charge in [0.05, 0.1) is 0 Å². The van der Waals surface area contributed by atoms with Crippen molar-refractivity contribution in [3.8, 4) is 5.82 Å². The predicted molar refractivity (Wildman–Crippen MR) is 96.2 cm³/mol. The largest absolute Gasteiger partial charge is 0.368 e. The topological polar surface area (TPSA) is 84.7 Å². The number of carbonyl (C=O) groups is 1. The highest BCUT2D eigenvalue weighted by molar-refractivity contribution is 6.30. The van der Waals surface area contributed by atoms with Crippen molar-refractivity contribution in [2.24, 2.45) is 0 Å². The van der Waals surface area contributed by atoms with E-state index in [4.69, 9.17) is 11.6 Å². The molecule has 1 aromatic carbocycles. The van der Waals surface area contributed by atoms with E-state index in [9.17, 15) is 4.79 Å². The van der Waals surface area contributed by atoms with Gasteiger partial charge in [-0.25, -0.2) is 15.0 Å². The Labute approximate surface area is 150 Å². The van der Waals surface area contributed by atoms with Gasteiger partial charge in [0.15, 0.2) is 0 Å². The number of hydrogen-bond donors (Lipinski definition) is 2. The molecule has 2 heterocycles. The minimum atomic E-state index is -0.143. The van der Waals surface area contributed by atoms with Gasteiger partial charge in [-0.1, -0.05) is 11.6 Å². The SMILES string of the molecule is Cc1nccn1-c1cc(NCCNC(=O)c2ccc(Cl)cc2)ncn1. The summed E-state index contributed by atoms with van der Waals surface area (Å²) in [5, 5.41) is 6.60. The molecule has 0 bridgehead atoms. The second-order valence-electron chi connectivity index (χ2n) is 5.30. The summed E-state index contributed by atoms with van der Waals surface area (Å²) in [6, 6.07) is 8.59. The molecule has 0 aliphatic heterocycles. The second-order valence-corrected chi connectivity index (χ2v) is 5.73. The maximum atomic E-state index is 12.0. The third kappa shape index (κ3) is 4.33. The van der Waals surface area contributed by atoms with Crippen LogP contribution in [0.5, 0.6) is 0 Å². The number of aromatic nitrogens is 4. The van der Waals surface area contributed by atoms with Crippen molar-refractivity contribution in [3.05, 3.63) is 65.5 Å². The van der Waals surface area contributed by atoms with Crippen LogP contribution in [-0.4, -0.2) is 38.5 Å². The van der Waals surface area contributed by atoms with Gasteiger partial charge in [0.1, 0.15) is 23.8 Å². The zero-order valence-corrected chi connectivity index (χ0v) is 14.4. The Bertz CT molecular complexity index is 862. The van der Waals surface area contributed by atoms with Gasteiger partial charge in [0.25, 0.3) is 5.91 Å². The number of nitrogens with one attached hydrogen (secondary N) is 2. The molecule has 0 spiro atoms. The summed E-state index contributed by atoms with van der Waals surface area (Å²) in [6.45, 7) is 2.91. The van der Waals surface area contributed by atoms with Gasteiger partial charge in [0, 0.05) is 42.1 Å². The molecular weight excluding hydrogens is 340 g/mol. The first kappa shape index (κ1) is 16.9. The summed E-state index contributed by atoms with van der Waals surface area (Å²) < 4.78 is 1.87. The molecule has 7 nitrogen and oxygen atoms in total. The van der Waals surface area contributed by atoms with Gasteiger partial charge in [-0.2, -0.15) is 0 Å². The van der Waals surface area contributed by atoms with E-state index < -0.39 is 0 Å². The highest BCUT2D eigenvalue weighted by Crippen LogP contribution is 2.11. The Hall–Kier alpha value is -2.93. The fourth-order valence-electron chi connectivity index (χ4n) is 2.27. The molecule has 0 atom stereocenters. The Kier molecular flexibility index (Phi) is 5.25. The second kappa shape index (κ2) is 7.76. The van der Waals surface area contributed by atoms with E-state index in [1.807, 2.05) is 23.8 Å². The van der Waals surface area contributed by atoms with Crippen LogP contribution in [0.2, 0.25) is 5.02 Å². The Morgan fingerprint density at radius 1 is 1.16 bits per heavy atom. The maximum absolute atomic E-state index is 12.0. The molecule has 25 heavy (non-hydrogen) atoms. The van der Waals surface area contributed by atoms with Crippen molar-refractivity contribution in [2.75, 3.05) is 18.4 Å². The molecule has 2 N–H and O–H groups in total. The lowest BCUT2D eigenvalue weighted by molar-refractivity contribution is 0.0955. The number of nitrogens with zero attached hydrogens (tertiary/aromatic N) is 4. The van der Waals surface area contributed by atoms with Crippen LogP contribution in [0.25, 0.3) is 5.82 Å². The van der Waals surface area contributed by atoms with Crippen molar-refractivity contribution in [1.29, 1.82) is 0 Å². The number of imidazole rings is 1. The Balaban J connectivity index is 1.52. The predicted octanol–water partition coefficient (Wildman–Crippen LogP) is 2.47. The monoisotopic (exact) mass is 356 g/mol. The van der Waals surface area contributed by atoms with Crippen LogP contribution < -0.4 is 10.6 Å². The summed E-state index contributed by atoms with van der Waals surface area (Å²) in [6.07, 6.45) is 5.05. The lowest BCUT2D eigenvalue weighted by Gasteiger charge is -2.09. The van der Waals surface area contributed by atoms with Crippen molar-refractivity contribution in [3.63, 3.8) is 0 Å². The lowest BCUT2D eigenvalue weighted by atomic mass is 10.2. The van der Waals surface area contributed by atoms with Crippen LogP contribution >= 0.6 is 11.6 Å². The molecule has 0 radical (unpaired) electrons. The average molecular weight is 357 g/mol. The zero-order valence-electron chi connectivity index (χ0n) is 13.6. The number of anilines is 1. The van der Waals surface area contributed by atoms with E-state index in [-0.39, 0.29) is 5.91 Å². The van der Waals surface area contributed by atoms with E-state index in [0.29, 0.717) is 29.5 Å². The van der Waals surface area contributed by atoms with Gasteiger partial charge in [-0.3, -0.25) is 9.36 Å². The fraction of sp³-hybridized carbons (Fsp3) is 0.176. The molecule has 0 saturated heterocycles. The van der Waals surface area contributed by atoms with E-state index in [0.717, 1.165) is 11.6 Å². The normalized spacial score (nSPS) is 10.5. The molecule has 2 aromatic heterocycles. The summed E-state index contributed by atoms with van der Waals surface area (Å²) in [5.74, 6) is 2.12. The van der Waals surface area contributed by atoms with Crippen LogP contribution in [0.1, 0.15) is 16.2 Å². The van der Waals surface area contributed by atoms with Crippen molar-refractivity contribution in [2.45, 2.75) is 6.92 Å². The Morgan fingerprint density at radius 2 is 1.96 bits per heavy atom. The van der Waals surface area contributed by atoms with Crippen molar-refractivity contribution in [1.82, 2.24) is 24.8 Å². The summed E-state index contributed by atoms with van der Waals surface area (Å²) in [7, 11) is 0. The first-order chi connectivity index (χ1) is 12.1.